The Morgan fingerprint density at radius 3 is 2.44 bits per heavy atom. The lowest BCUT2D eigenvalue weighted by molar-refractivity contribution is -0.142. The van der Waals surface area contributed by atoms with Crippen LogP contribution in [0, 0.1) is 5.92 Å². The standard InChI is InChI=1S/C12H24N2O2/c1-9(13-10(2)12(15)16-4)11-5-7-14(3)8-6-11/h9-11,13H,5-8H2,1-4H3/t9?,10-/m0/s1. The monoisotopic (exact) mass is 228 g/mol. The van der Waals surface area contributed by atoms with Crippen molar-refractivity contribution in [2.75, 3.05) is 27.2 Å². The van der Waals surface area contributed by atoms with E-state index in [0.29, 0.717) is 12.0 Å². The van der Waals surface area contributed by atoms with Crippen LogP contribution in [0.1, 0.15) is 26.7 Å². The van der Waals surface area contributed by atoms with E-state index < -0.39 is 0 Å². The van der Waals surface area contributed by atoms with Crippen LogP contribution in [0.2, 0.25) is 0 Å². The molecule has 1 aliphatic heterocycles. The highest BCUT2D eigenvalue weighted by Gasteiger charge is 2.24. The largest absolute Gasteiger partial charge is 0.468 e. The van der Waals surface area contributed by atoms with E-state index in [0.717, 1.165) is 13.1 Å². The molecule has 1 rings (SSSR count). The van der Waals surface area contributed by atoms with Crippen molar-refractivity contribution >= 4 is 5.97 Å². The summed E-state index contributed by atoms with van der Waals surface area (Å²) in [6, 6.07) is 0.169. The van der Waals surface area contributed by atoms with Gasteiger partial charge in [-0.05, 0) is 52.7 Å². The first-order valence-electron chi connectivity index (χ1n) is 6.07. The number of nitrogens with one attached hydrogen (secondary N) is 1. The normalized spacial score (nSPS) is 22.8. The molecule has 0 bridgehead atoms. The van der Waals surface area contributed by atoms with E-state index in [1.54, 1.807) is 0 Å². The average Bonchev–Trinajstić information content (AvgIpc) is 2.28. The highest BCUT2D eigenvalue weighted by Crippen LogP contribution is 2.19. The Balaban J connectivity index is 2.34. The molecule has 1 saturated heterocycles. The molecule has 1 unspecified atom stereocenters. The van der Waals surface area contributed by atoms with E-state index in [1.807, 2.05) is 6.92 Å². The molecule has 1 fully saturated rings. The maximum Gasteiger partial charge on any atom is 0.322 e. The van der Waals surface area contributed by atoms with Gasteiger partial charge in [0.15, 0.2) is 0 Å². The number of methoxy groups -OCH3 is 1. The molecular weight excluding hydrogens is 204 g/mol. The Hall–Kier alpha value is -0.610. The highest BCUT2D eigenvalue weighted by atomic mass is 16.5. The van der Waals surface area contributed by atoms with Gasteiger partial charge in [0.2, 0.25) is 0 Å². The van der Waals surface area contributed by atoms with Crippen LogP contribution in [0.4, 0.5) is 0 Å². The molecule has 0 spiro atoms. The number of carbonyl (C=O) groups is 1. The second kappa shape index (κ2) is 6.21. The lowest BCUT2D eigenvalue weighted by Gasteiger charge is -2.34. The van der Waals surface area contributed by atoms with Gasteiger partial charge >= 0.3 is 5.97 Å². The highest BCUT2D eigenvalue weighted by molar-refractivity contribution is 5.75. The Morgan fingerprint density at radius 2 is 1.94 bits per heavy atom. The maximum absolute atomic E-state index is 11.3. The molecule has 1 heterocycles. The first-order chi connectivity index (χ1) is 7.54. The first-order valence-corrected chi connectivity index (χ1v) is 6.07. The second-order valence-corrected chi connectivity index (χ2v) is 4.84. The minimum Gasteiger partial charge on any atom is -0.468 e. The zero-order valence-corrected chi connectivity index (χ0v) is 10.8. The molecule has 0 amide bonds. The molecule has 1 aliphatic rings. The van der Waals surface area contributed by atoms with Gasteiger partial charge in [-0.15, -0.1) is 0 Å². The van der Waals surface area contributed by atoms with Crippen LogP contribution in [0.3, 0.4) is 0 Å². The zero-order valence-electron chi connectivity index (χ0n) is 10.8. The van der Waals surface area contributed by atoms with E-state index in [9.17, 15) is 4.79 Å². The third-order valence-electron chi connectivity index (χ3n) is 3.54. The molecule has 94 valence electrons. The molecule has 2 atom stereocenters. The topological polar surface area (TPSA) is 41.6 Å². The Labute approximate surface area is 98.3 Å². The summed E-state index contributed by atoms with van der Waals surface area (Å²) in [4.78, 5) is 13.6. The molecule has 0 aromatic heterocycles. The molecule has 0 aromatic rings. The van der Waals surface area contributed by atoms with Gasteiger partial charge in [-0.2, -0.15) is 0 Å². The van der Waals surface area contributed by atoms with Crippen molar-refractivity contribution in [3.05, 3.63) is 0 Å². The van der Waals surface area contributed by atoms with E-state index in [4.69, 9.17) is 4.74 Å². The fraction of sp³-hybridized carbons (Fsp3) is 0.917. The van der Waals surface area contributed by atoms with Gasteiger partial charge in [-0.3, -0.25) is 4.79 Å². The number of hydrogen-bond donors (Lipinski definition) is 1. The number of ether oxygens (including phenoxy) is 1. The molecule has 4 heteroatoms. The zero-order chi connectivity index (χ0) is 12.1. The molecule has 0 saturated carbocycles. The molecule has 0 aromatic carbocycles. The van der Waals surface area contributed by atoms with Crippen LogP contribution >= 0.6 is 0 Å². The fourth-order valence-corrected chi connectivity index (χ4v) is 2.30. The smallest absolute Gasteiger partial charge is 0.322 e. The van der Waals surface area contributed by atoms with Gasteiger partial charge in [-0.1, -0.05) is 0 Å². The van der Waals surface area contributed by atoms with Crippen LogP contribution in [0.5, 0.6) is 0 Å². The van der Waals surface area contributed by atoms with Crippen molar-refractivity contribution in [1.82, 2.24) is 10.2 Å². The van der Waals surface area contributed by atoms with E-state index >= 15 is 0 Å². The quantitative estimate of drug-likeness (QED) is 0.725. The summed E-state index contributed by atoms with van der Waals surface area (Å²) < 4.78 is 4.71. The minimum absolute atomic E-state index is 0.181. The minimum atomic E-state index is -0.209. The predicted octanol–water partition coefficient (Wildman–Crippen LogP) is 0.868. The average molecular weight is 228 g/mol. The summed E-state index contributed by atoms with van der Waals surface area (Å²) >= 11 is 0. The van der Waals surface area contributed by atoms with Crippen molar-refractivity contribution < 1.29 is 9.53 Å². The Morgan fingerprint density at radius 1 is 1.38 bits per heavy atom. The van der Waals surface area contributed by atoms with Gasteiger partial charge in [0.1, 0.15) is 6.04 Å². The van der Waals surface area contributed by atoms with Crippen LogP contribution in [-0.4, -0.2) is 50.2 Å². The van der Waals surface area contributed by atoms with Crippen molar-refractivity contribution in [1.29, 1.82) is 0 Å². The first kappa shape index (κ1) is 13.5. The van der Waals surface area contributed by atoms with Crippen molar-refractivity contribution in [3.8, 4) is 0 Å². The summed E-state index contributed by atoms with van der Waals surface area (Å²) in [7, 11) is 3.59. The van der Waals surface area contributed by atoms with Crippen molar-refractivity contribution in [3.63, 3.8) is 0 Å². The number of nitrogens with zero attached hydrogens (tertiary/aromatic N) is 1. The predicted molar refractivity (Wildman–Crippen MR) is 64.3 cm³/mol. The van der Waals surface area contributed by atoms with Crippen molar-refractivity contribution in [2.45, 2.75) is 38.8 Å². The molecule has 4 nitrogen and oxygen atoms in total. The van der Waals surface area contributed by atoms with Gasteiger partial charge in [0, 0.05) is 6.04 Å². The number of piperidine rings is 1. The maximum atomic E-state index is 11.3. The lowest BCUT2D eigenvalue weighted by atomic mass is 9.90. The molecule has 0 radical (unpaired) electrons. The van der Waals surface area contributed by atoms with Gasteiger partial charge < -0.3 is 15.0 Å². The number of carbonyl (C=O) groups excluding carboxylic acids is 1. The Kier molecular flexibility index (Phi) is 5.22. The van der Waals surface area contributed by atoms with Crippen LogP contribution in [-0.2, 0) is 9.53 Å². The summed E-state index contributed by atoms with van der Waals surface area (Å²) in [5, 5.41) is 3.32. The van der Waals surface area contributed by atoms with E-state index in [2.05, 4.69) is 24.2 Å². The Bertz CT molecular complexity index is 225. The van der Waals surface area contributed by atoms with Gasteiger partial charge in [0.25, 0.3) is 0 Å². The number of rotatable bonds is 4. The molecule has 0 aliphatic carbocycles. The van der Waals surface area contributed by atoms with Crippen LogP contribution < -0.4 is 5.32 Å². The third kappa shape index (κ3) is 3.76. The lowest BCUT2D eigenvalue weighted by Crippen LogP contribution is -2.46. The van der Waals surface area contributed by atoms with Gasteiger partial charge in [-0.25, -0.2) is 0 Å². The fourth-order valence-electron chi connectivity index (χ4n) is 2.30. The van der Waals surface area contributed by atoms with Crippen molar-refractivity contribution in [2.24, 2.45) is 5.92 Å². The molecule has 1 N–H and O–H groups in total. The van der Waals surface area contributed by atoms with E-state index in [1.165, 1.54) is 20.0 Å². The summed E-state index contributed by atoms with van der Waals surface area (Å²) in [6.45, 7) is 6.33. The summed E-state index contributed by atoms with van der Waals surface area (Å²) in [5.74, 6) is 0.489. The van der Waals surface area contributed by atoms with Gasteiger partial charge in [0.05, 0.1) is 7.11 Å². The number of esters is 1. The number of likely N-dealkylation sites (tertiary alicyclic amines) is 1. The van der Waals surface area contributed by atoms with Crippen LogP contribution in [0.25, 0.3) is 0 Å². The number of hydrogen-bond acceptors (Lipinski definition) is 4. The molecule has 16 heavy (non-hydrogen) atoms. The van der Waals surface area contributed by atoms with Crippen LogP contribution in [0.15, 0.2) is 0 Å². The second-order valence-electron chi connectivity index (χ2n) is 4.84. The van der Waals surface area contributed by atoms with E-state index in [-0.39, 0.29) is 12.0 Å². The third-order valence-corrected chi connectivity index (χ3v) is 3.54. The SMILES string of the molecule is COC(=O)[C@H](C)NC(C)C1CCN(C)CC1. The molecular formula is C12H24N2O2. The summed E-state index contributed by atoms with van der Waals surface area (Å²) in [6.07, 6.45) is 2.41. The summed E-state index contributed by atoms with van der Waals surface area (Å²) in [5.41, 5.74) is 0.